The van der Waals surface area contributed by atoms with Crippen LogP contribution in [0.25, 0.3) is 0 Å². The maximum atomic E-state index is 12.8. The van der Waals surface area contributed by atoms with Gasteiger partial charge in [-0.3, -0.25) is 0 Å². The summed E-state index contributed by atoms with van der Waals surface area (Å²) in [5.41, 5.74) is 0. The summed E-state index contributed by atoms with van der Waals surface area (Å²) in [5.74, 6) is 0. The SMILES string of the molecule is CSC1C[C@H]2CC[C@@H](C1)N2S(=O)(=O)c1ccccc1. The summed E-state index contributed by atoms with van der Waals surface area (Å²) >= 11 is 1.88. The molecular formula is C14H19NO2S2. The number of benzene rings is 1. The molecule has 2 aliphatic heterocycles. The molecule has 3 rings (SSSR count). The number of hydrogen-bond acceptors (Lipinski definition) is 3. The molecule has 2 fully saturated rings. The summed E-state index contributed by atoms with van der Waals surface area (Å²) in [7, 11) is -3.31. The average Bonchev–Trinajstić information content (AvgIpc) is 2.72. The Hall–Kier alpha value is -0.520. The van der Waals surface area contributed by atoms with E-state index in [1.807, 2.05) is 17.8 Å². The van der Waals surface area contributed by atoms with E-state index in [1.165, 1.54) is 0 Å². The van der Waals surface area contributed by atoms with Crippen molar-refractivity contribution in [3.63, 3.8) is 0 Å². The number of sulfonamides is 1. The Bertz CT molecular complexity index is 530. The fourth-order valence-corrected chi connectivity index (χ4v) is 6.12. The van der Waals surface area contributed by atoms with Crippen LogP contribution in [0.2, 0.25) is 0 Å². The zero-order chi connectivity index (χ0) is 13.5. The summed E-state index contributed by atoms with van der Waals surface area (Å²) in [5, 5.41) is 0.625. The second-order valence-corrected chi connectivity index (χ2v) is 8.34. The Morgan fingerprint density at radius 2 is 1.68 bits per heavy atom. The topological polar surface area (TPSA) is 37.4 Å². The lowest BCUT2D eigenvalue weighted by atomic mass is 10.1. The standard InChI is InChI=1S/C14H19NO2S2/c1-18-13-9-11-7-8-12(10-13)15(11)19(16,17)14-5-3-2-4-6-14/h2-6,11-13H,7-10H2,1H3/t11-,12+,13?. The van der Waals surface area contributed by atoms with Crippen molar-refractivity contribution in [1.29, 1.82) is 0 Å². The molecular weight excluding hydrogens is 278 g/mol. The molecule has 0 saturated carbocycles. The number of piperidine rings is 1. The van der Waals surface area contributed by atoms with Crippen molar-refractivity contribution in [3.05, 3.63) is 30.3 Å². The van der Waals surface area contributed by atoms with E-state index in [9.17, 15) is 8.42 Å². The first-order valence-electron chi connectivity index (χ1n) is 6.74. The molecule has 0 amide bonds. The predicted molar refractivity (Wildman–Crippen MR) is 78.8 cm³/mol. The van der Waals surface area contributed by atoms with Gasteiger partial charge in [0.1, 0.15) is 0 Å². The van der Waals surface area contributed by atoms with Gasteiger partial charge in [-0.05, 0) is 44.1 Å². The highest BCUT2D eigenvalue weighted by molar-refractivity contribution is 7.99. The molecule has 19 heavy (non-hydrogen) atoms. The van der Waals surface area contributed by atoms with Crippen LogP contribution in [0.4, 0.5) is 0 Å². The highest BCUT2D eigenvalue weighted by Crippen LogP contribution is 2.42. The zero-order valence-electron chi connectivity index (χ0n) is 11.0. The molecule has 1 aromatic rings. The molecule has 0 aromatic heterocycles. The van der Waals surface area contributed by atoms with Gasteiger partial charge in [0, 0.05) is 17.3 Å². The van der Waals surface area contributed by atoms with Gasteiger partial charge in [0.2, 0.25) is 10.0 Å². The predicted octanol–water partition coefficient (Wildman–Crippen LogP) is 2.73. The van der Waals surface area contributed by atoms with Crippen LogP contribution in [-0.4, -0.2) is 36.3 Å². The quantitative estimate of drug-likeness (QED) is 0.861. The summed E-state index contributed by atoms with van der Waals surface area (Å²) in [6.07, 6.45) is 6.18. The summed E-state index contributed by atoms with van der Waals surface area (Å²) in [4.78, 5) is 0.439. The summed E-state index contributed by atoms with van der Waals surface area (Å²) in [6.45, 7) is 0. The Morgan fingerprint density at radius 3 is 2.21 bits per heavy atom. The molecule has 1 aromatic carbocycles. The minimum atomic E-state index is -3.31. The van der Waals surface area contributed by atoms with Crippen LogP contribution in [0.1, 0.15) is 25.7 Å². The smallest absolute Gasteiger partial charge is 0.207 e. The van der Waals surface area contributed by atoms with Gasteiger partial charge in [0.05, 0.1) is 4.90 Å². The minimum absolute atomic E-state index is 0.210. The highest BCUT2D eigenvalue weighted by atomic mass is 32.2. The van der Waals surface area contributed by atoms with Crippen LogP contribution in [0.3, 0.4) is 0 Å². The molecule has 5 heteroatoms. The van der Waals surface area contributed by atoms with Crippen LogP contribution >= 0.6 is 11.8 Å². The van der Waals surface area contributed by atoms with Crippen molar-refractivity contribution in [2.45, 2.75) is 47.9 Å². The first-order valence-corrected chi connectivity index (χ1v) is 9.47. The van der Waals surface area contributed by atoms with Crippen LogP contribution in [0.15, 0.2) is 35.2 Å². The van der Waals surface area contributed by atoms with Crippen LogP contribution in [0.5, 0.6) is 0 Å². The Labute approximate surface area is 119 Å². The van der Waals surface area contributed by atoms with E-state index in [0.717, 1.165) is 25.7 Å². The Kier molecular flexibility index (Phi) is 3.62. The highest BCUT2D eigenvalue weighted by Gasteiger charge is 2.46. The van der Waals surface area contributed by atoms with E-state index in [0.29, 0.717) is 10.1 Å². The monoisotopic (exact) mass is 297 g/mol. The van der Waals surface area contributed by atoms with Gasteiger partial charge >= 0.3 is 0 Å². The normalized spacial score (nSPS) is 31.5. The van der Waals surface area contributed by atoms with Crippen molar-refractivity contribution in [3.8, 4) is 0 Å². The molecule has 2 saturated heterocycles. The Balaban J connectivity index is 1.92. The molecule has 3 atom stereocenters. The molecule has 2 aliphatic rings. The number of hydrogen-bond donors (Lipinski definition) is 0. The second-order valence-electron chi connectivity index (χ2n) is 5.36. The number of nitrogens with zero attached hydrogens (tertiary/aromatic N) is 1. The molecule has 3 nitrogen and oxygen atoms in total. The average molecular weight is 297 g/mol. The fourth-order valence-electron chi connectivity index (χ4n) is 3.38. The molecule has 104 valence electrons. The van der Waals surface area contributed by atoms with Gasteiger partial charge in [-0.1, -0.05) is 18.2 Å². The van der Waals surface area contributed by atoms with Gasteiger partial charge < -0.3 is 0 Å². The molecule has 0 spiro atoms. The van der Waals surface area contributed by atoms with Crippen molar-refractivity contribution in [2.75, 3.05) is 6.26 Å². The van der Waals surface area contributed by atoms with E-state index >= 15 is 0 Å². The lowest BCUT2D eigenvalue weighted by molar-refractivity contribution is 0.253. The second kappa shape index (κ2) is 5.11. The van der Waals surface area contributed by atoms with E-state index in [1.54, 1.807) is 28.6 Å². The lowest BCUT2D eigenvalue weighted by Gasteiger charge is -2.37. The largest absolute Gasteiger partial charge is 0.243 e. The van der Waals surface area contributed by atoms with Crippen LogP contribution < -0.4 is 0 Å². The van der Waals surface area contributed by atoms with E-state index in [4.69, 9.17) is 0 Å². The summed E-state index contributed by atoms with van der Waals surface area (Å²) < 4.78 is 27.3. The van der Waals surface area contributed by atoms with Gasteiger partial charge in [-0.25, -0.2) is 8.42 Å². The molecule has 0 aliphatic carbocycles. The van der Waals surface area contributed by atoms with Crippen molar-refractivity contribution in [2.24, 2.45) is 0 Å². The third-order valence-electron chi connectivity index (χ3n) is 4.27. The molecule has 2 bridgehead atoms. The van der Waals surface area contributed by atoms with Crippen molar-refractivity contribution < 1.29 is 8.42 Å². The first-order chi connectivity index (χ1) is 9.13. The van der Waals surface area contributed by atoms with E-state index in [-0.39, 0.29) is 12.1 Å². The van der Waals surface area contributed by atoms with Crippen LogP contribution in [0, 0.1) is 0 Å². The number of rotatable bonds is 3. The molecule has 0 N–H and O–H groups in total. The Morgan fingerprint density at radius 1 is 1.11 bits per heavy atom. The first kappa shape index (κ1) is 13.5. The number of thioether (sulfide) groups is 1. The molecule has 2 heterocycles. The van der Waals surface area contributed by atoms with Crippen molar-refractivity contribution in [1.82, 2.24) is 4.31 Å². The zero-order valence-corrected chi connectivity index (χ0v) is 12.7. The third-order valence-corrected chi connectivity index (χ3v) is 7.35. The van der Waals surface area contributed by atoms with Gasteiger partial charge in [0.25, 0.3) is 0 Å². The molecule has 0 radical (unpaired) electrons. The molecule has 1 unspecified atom stereocenters. The van der Waals surface area contributed by atoms with Crippen LogP contribution in [-0.2, 0) is 10.0 Å². The number of fused-ring (bicyclic) bond motifs is 2. The van der Waals surface area contributed by atoms with Gasteiger partial charge in [0.15, 0.2) is 0 Å². The third kappa shape index (κ3) is 2.32. The maximum absolute atomic E-state index is 12.8. The summed E-state index contributed by atoms with van der Waals surface area (Å²) in [6, 6.07) is 9.27. The maximum Gasteiger partial charge on any atom is 0.243 e. The van der Waals surface area contributed by atoms with E-state index < -0.39 is 10.0 Å². The minimum Gasteiger partial charge on any atom is -0.207 e. The van der Waals surface area contributed by atoms with Crippen molar-refractivity contribution >= 4 is 21.8 Å². The van der Waals surface area contributed by atoms with Gasteiger partial charge in [-0.2, -0.15) is 16.1 Å². The fraction of sp³-hybridized carbons (Fsp3) is 0.571. The lowest BCUT2D eigenvalue weighted by Crippen LogP contribution is -2.47. The van der Waals surface area contributed by atoms with E-state index in [2.05, 4.69) is 6.26 Å². The van der Waals surface area contributed by atoms with Gasteiger partial charge in [-0.15, -0.1) is 0 Å².